The van der Waals surface area contributed by atoms with Crippen molar-refractivity contribution in [2.45, 2.75) is 32.7 Å². The third kappa shape index (κ3) is 2.53. The molecule has 3 nitrogen and oxygen atoms in total. The van der Waals surface area contributed by atoms with Gasteiger partial charge in [0.1, 0.15) is 5.15 Å². The summed E-state index contributed by atoms with van der Waals surface area (Å²) in [6.45, 7) is 4.12. The van der Waals surface area contributed by atoms with Crippen LogP contribution in [-0.4, -0.2) is 16.9 Å². The van der Waals surface area contributed by atoms with Crippen LogP contribution in [0.1, 0.15) is 36.3 Å². The van der Waals surface area contributed by atoms with Crippen LogP contribution < -0.4 is 5.32 Å². The molecule has 0 radical (unpaired) electrons. The van der Waals surface area contributed by atoms with E-state index in [-0.39, 0.29) is 5.91 Å². The molecule has 0 bridgehead atoms. The summed E-state index contributed by atoms with van der Waals surface area (Å²) in [4.78, 5) is 16.0. The van der Waals surface area contributed by atoms with Crippen molar-refractivity contribution in [3.8, 4) is 0 Å². The lowest BCUT2D eigenvalue weighted by Gasteiger charge is -2.05. The van der Waals surface area contributed by atoms with Crippen LogP contribution in [-0.2, 0) is 6.42 Å². The molecular weight excluding hydrogens is 224 g/mol. The minimum absolute atomic E-state index is 0.0478. The van der Waals surface area contributed by atoms with Crippen LogP contribution in [0.15, 0.2) is 12.1 Å². The van der Waals surface area contributed by atoms with Gasteiger partial charge in [-0.1, -0.05) is 25.4 Å². The van der Waals surface area contributed by atoms with E-state index in [4.69, 9.17) is 11.6 Å². The van der Waals surface area contributed by atoms with Crippen LogP contribution in [0, 0.1) is 5.92 Å². The van der Waals surface area contributed by atoms with Crippen molar-refractivity contribution in [3.63, 3.8) is 0 Å². The largest absolute Gasteiger partial charge is 0.349 e. The van der Waals surface area contributed by atoms with Gasteiger partial charge in [-0.05, 0) is 30.9 Å². The van der Waals surface area contributed by atoms with Crippen LogP contribution in [0.5, 0.6) is 0 Å². The molecule has 2 rings (SSSR count). The van der Waals surface area contributed by atoms with Crippen LogP contribution in [0.4, 0.5) is 0 Å². The van der Waals surface area contributed by atoms with Gasteiger partial charge in [0.05, 0.1) is 0 Å². The minimum Gasteiger partial charge on any atom is -0.349 e. The normalized spacial score (nSPS) is 22.9. The molecule has 2 atom stereocenters. The van der Waals surface area contributed by atoms with Crippen LogP contribution in [0.3, 0.4) is 0 Å². The number of nitrogens with zero attached hydrogens (tertiary/aromatic N) is 1. The van der Waals surface area contributed by atoms with Crippen LogP contribution >= 0.6 is 11.6 Å². The number of aryl methyl sites for hydroxylation is 1. The maximum Gasteiger partial charge on any atom is 0.251 e. The fourth-order valence-corrected chi connectivity index (χ4v) is 1.86. The summed E-state index contributed by atoms with van der Waals surface area (Å²) in [6.07, 6.45) is 1.85. The van der Waals surface area contributed by atoms with Crippen molar-refractivity contribution in [3.05, 3.63) is 28.5 Å². The Labute approximate surface area is 100 Å². The summed E-state index contributed by atoms with van der Waals surface area (Å²) in [6, 6.07) is 3.75. The van der Waals surface area contributed by atoms with Crippen molar-refractivity contribution < 1.29 is 4.79 Å². The van der Waals surface area contributed by atoms with Gasteiger partial charge in [-0.15, -0.1) is 0 Å². The molecule has 4 heteroatoms. The fraction of sp³-hybridized carbons (Fsp3) is 0.500. The summed E-state index contributed by atoms with van der Waals surface area (Å²) in [7, 11) is 0. The van der Waals surface area contributed by atoms with Crippen molar-refractivity contribution in [1.82, 2.24) is 10.3 Å². The maximum absolute atomic E-state index is 11.9. The number of hydrogen-bond donors (Lipinski definition) is 1. The standard InChI is InChI=1S/C12H15ClN2O/c1-3-9-5-8(6-11(13)14-9)12(16)15-10-4-7(10)2/h5-7,10H,3-4H2,1-2H3,(H,15,16). The van der Waals surface area contributed by atoms with Gasteiger partial charge >= 0.3 is 0 Å². The Balaban J connectivity index is 2.12. The number of nitrogens with one attached hydrogen (secondary N) is 1. The second-order valence-electron chi connectivity index (χ2n) is 4.32. The van der Waals surface area contributed by atoms with Crippen LogP contribution in [0.2, 0.25) is 5.15 Å². The molecule has 1 amide bonds. The average Bonchev–Trinajstić information content (AvgIpc) is 2.93. The molecule has 1 aromatic heterocycles. The number of rotatable bonds is 3. The van der Waals surface area contributed by atoms with Gasteiger partial charge in [0.25, 0.3) is 5.91 Å². The van der Waals surface area contributed by atoms with Crippen molar-refractivity contribution in [2.75, 3.05) is 0 Å². The summed E-state index contributed by atoms with van der Waals surface area (Å²) in [5, 5.41) is 3.36. The first kappa shape index (κ1) is 11.4. The van der Waals surface area contributed by atoms with E-state index in [1.54, 1.807) is 12.1 Å². The van der Waals surface area contributed by atoms with Gasteiger partial charge in [0.2, 0.25) is 0 Å². The van der Waals surface area contributed by atoms with Crippen molar-refractivity contribution in [2.24, 2.45) is 5.92 Å². The summed E-state index contributed by atoms with van der Waals surface area (Å²) in [5.74, 6) is 0.556. The number of pyridine rings is 1. The molecule has 16 heavy (non-hydrogen) atoms. The molecule has 1 aromatic rings. The zero-order valence-electron chi connectivity index (χ0n) is 9.46. The van der Waals surface area contributed by atoms with E-state index in [9.17, 15) is 4.79 Å². The zero-order chi connectivity index (χ0) is 11.7. The monoisotopic (exact) mass is 238 g/mol. The highest BCUT2D eigenvalue weighted by Crippen LogP contribution is 2.29. The molecule has 0 saturated heterocycles. The highest BCUT2D eigenvalue weighted by molar-refractivity contribution is 6.29. The molecule has 1 N–H and O–H groups in total. The molecule has 1 saturated carbocycles. The van der Waals surface area contributed by atoms with E-state index in [1.807, 2.05) is 6.92 Å². The minimum atomic E-state index is -0.0478. The van der Waals surface area contributed by atoms with Crippen molar-refractivity contribution >= 4 is 17.5 Å². The van der Waals surface area contributed by atoms with E-state index in [2.05, 4.69) is 17.2 Å². The Morgan fingerprint density at radius 2 is 2.31 bits per heavy atom. The lowest BCUT2D eigenvalue weighted by Crippen LogP contribution is -2.26. The number of aromatic nitrogens is 1. The molecule has 1 aliphatic rings. The Bertz CT molecular complexity index is 419. The Morgan fingerprint density at radius 1 is 1.62 bits per heavy atom. The van der Waals surface area contributed by atoms with Gasteiger partial charge in [-0.2, -0.15) is 0 Å². The lowest BCUT2D eigenvalue weighted by atomic mass is 10.2. The van der Waals surface area contributed by atoms with Gasteiger partial charge in [0, 0.05) is 17.3 Å². The molecule has 86 valence electrons. The lowest BCUT2D eigenvalue weighted by molar-refractivity contribution is 0.0949. The molecule has 1 heterocycles. The van der Waals surface area contributed by atoms with Gasteiger partial charge in [0.15, 0.2) is 0 Å². The number of carbonyl (C=O) groups excluding carboxylic acids is 1. The highest BCUT2D eigenvalue weighted by Gasteiger charge is 2.34. The first-order chi connectivity index (χ1) is 7.60. The molecule has 1 aliphatic carbocycles. The number of halogens is 1. The molecule has 1 fully saturated rings. The summed E-state index contributed by atoms with van der Waals surface area (Å²) >= 11 is 5.86. The molecular formula is C12H15ClN2O. The van der Waals surface area contributed by atoms with E-state index in [0.29, 0.717) is 22.7 Å². The fourth-order valence-electron chi connectivity index (χ4n) is 1.64. The SMILES string of the molecule is CCc1cc(C(=O)NC2CC2C)cc(Cl)n1. The third-order valence-electron chi connectivity index (χ3n) is 2.90. The summed E-state index contributed by atoms with van der Waals surface area (Å²) < 4.78 is 0. The van der Waals surface area contributed by atoms with E-state index in [0.717, 1.165) is 18.5 Å². The quantitative estimate of drug-likeness (QED) is 0.822. The smallest absolute Gasteiger partial charge is 0.251 e. The number of hydrogen-bond acceptors (Lipinski definition) is 2. The van der Waals surface area contributed by atoms with Gasteiger partial charge in [-0.3, -0.25) is 4.79 Å². The topological polar surface area (TPSA) is 42.0 Å². The van der Waals surface area contributed by atoms with Gasteiger partial charge < -0.3 is 5.32 Å². The second-order valence-corrected chi connectivity index (χ2v) is 4.70. The molecule has 0 spiro atoms. The first-order valence-corrected chi connectivity index (χ1v) is 5.95. The van der Waals surface area contributed by atoms with Gasteiger partial charge in [-0.25, -0.2) is 4.98 Å². The molecule has 0 aliphatic heterocycles. The molecule has 2 unspecified atom stereocenters. The number of carbonyl (C=O) groups is 1. The van der Waals surface area contributed by atoms with E-state index < -0.39 is 0 Å². The summed E-state index contributed by atoms with van der Waals surface area (Å²) in [5.41, 5.74) is 1.46. The zero-order valence-corrected chi connectivity index (χ0v) is 10.2. The van der Waals surface area contributed by atoms with Crippen molar-refractivity contribution in [1.29, 1.82) is 0 Å². The maximum atomic E-state index is 11.9. The second kappa shape index (κ2) is 4.42. The highest BCUT2D eigenvalue weighted by atomic mass is 35.5. The first-order valence-electron chi connectivity index (χ1n) is 5.57. The Hall–Kier alpha value is -1.09. The third-order valence-corrected chi connectivity index (χ3v) is 3.09. The predicted molar refractivity (Wildman–Crippen MR) is 63.7 cm³/mol. The van der Waals surface area contributed by atoms with E-state index in [1.165, 1.54) is 0 Å². The average molecular weight is 239 g/mol. The predicted octanol–water partition coefficient (Wildman–Crippen LogP) is 2.44. The Morgan fingerprint density at radius 3 is 2.88 bits per heavy atom. The van der Waals surface area contributed by atoms with Crippen LogP contribution in [0.25, 0.3) is 0 Å². The number of amides is 1. The van der Waals surface area contributed by atoms with E-state index >= 15 is 0 Å². The molecule has 0 aromatic carbocycles. The Kier molecular flexibility index (Phi) is 3.15.